The quantitative estimate of drug-likeness (QED) is 0.860. The number of hydrogen-bond acceptors (Lipinski definition) is 2. The van der Waals surface area contributed by atoms with Crippen molar-refractivity contribution in [2.75, 3.05) is 12.4 Å². The van der Waals surface area contributed by atoms with Crippen molar-refractivity contribution in [1.29, 1.82) is 0 Å². The summed E-state index contributed by atoms with van der Waals surface area (Å²) in [6.07, 6.45) is 2.74. The molecule has 0 heterocycles. The van der Waals surface area contributed by atoms with E-state index in [4.69, 9.17) is 4.74 Å². The third-order valence-electron chi connectivity index (χ3n) is 2.29. The predicted molar refractivity (Wildman–Crippen MR) is 73.4 cm³/mol. The Hall–Kier alpha value is -1.29. The summed E-state index contributed by atoms with van der Waals surface area (Å²) in [5.41, 5.74) is 1.42. The molecule has 17 heavy (non-hydrogen) atoms. The molecule has 0 aromatic heterocycles. The van der Waals surface area contributed by atoms with Crippen LogP contribution in [0, 0.1) is 0 Å². The zero-order valence-corrected chi connectivity index (χ0v) is 11.8. The highest BCUT2D eigenvalue weighted by molar-refractivity contribution is 9.10. The molecule has 1 rings (SSSR count). The van der Waals surface area contributed by atoms with E-state index in [-0.39, 0.29) is 5.91 Å². The van der Waals surface area contributed by atoms with Crippen molar-refractivity contribution in [3.63, 3.8) is 0 Å². The summed E-state index contributed by atoms with van der Waals surface area (Å²) in [4.78, 5) is 11.8. The second-order valence-electron chi connectivity index (χ2n) is 3.60. The summed E-state index contributed by atoms with van der Waals surface area (Å²) in [5, 5.41) is 2.84. The minimum Gasteiger partial charge on any atom is -0.497 e. The van der Waals surface area contributed by atoms with Crippen molar-refractivity contribution in [1.82, 2.24) is 0 Å². The third kappa shape index (κ3) is 3.89. The number of halogens is 1. The van der Waals surface area contributed by atoms with Gasteiger partial charge in [-0.3, -0.25) is 4.79 Å². The zero-order valence-electron chi connectivity index (χ0n) is 10.2. The van der Waals surface area contributed by atoms with Gasteiger partial charge in [-0.15, -0.1) is 0 Å². The van der Waals surface area contributed by atoms with Crippen molar-refractivity contribution >= 4 is 27.5 Å². The molecule has 3 nitrogen and oxygen atoms in total. The summed E-state index contributed by atoms with van der Waals surface area (Å²) in [7, 11) is 1.59. The highest BCUT2D eigenvalue weighted by atomic mass is 79.9. The van der Waals surface area contributed by atoms with E-state index in [0.717, 1.165) is 10.9 Å². The molecule has 0 radical (unpaired) electrons. The van der Waals surface area contributed by atoms with Crippen molar-refractivity contribution < 1.29 is 9.53 Å². The highest BCUT2D eigenvalue weighted by Crippen LogP contribution is 2.27. The molecule has 1 aromatic rings. The Bertz CT molecular complexity index is 441. The maximum Gasteiger partial charge on any atom is 0.251 e. The van der Waals surface area contributed by atoms with Gasteiger partial charge < -0.3 is 10.1 Å². The van der Waals surface area contributed by atoms with Crippen molar-refractivity contribution in [2.24, 2.45) is 0 Å². The Morgan fingerprint density at radius 2 is 2.24 bits per heavy atom. The van der Waals surface area contributed by atoms with Crippen LogP contribution < -0.4 is 10.1 Å². The van der Waals surface area contributed by atoms with Crippen LogP contribution in [-0.4, -0.2) is 13.0 Å². The lowest BCUT2D eigenvalue weighted by molar-refractivity contribution is -0.112. The van der Waals surface area contributed by atoms with Gasteiger partial charge in [0.2, 0.25) is 0 Å². The highest BCUT2D eigenvalue weighted by Gasteiger charge is 2.08. The lowest BCUT2D eigenvalue weighted by Crippen LogP contribution is -2.13. The number of benzene rings is 1. The molecule has 0 aliphatic rings. The smallest absolute Gasteiger partial charge is 0.251 e. The molecule has 0 atom stereocenters. The van der Waals surface area contributed by atoms with Gasteiger partial charge >= 0.3 is 0 Å². The van der Waals surface area contributed by atoms with Crippen LogP contribution in [0.15, 0.2) is 34.3 Å². The average Bonchev–Trinajstić information content (AvgIpc) is 2.32. The van der Waals surface area contributed by atoms with Crippen LogP contribution in [0.3, 0.4) is 0 Å². The average molecular weight is 298 g/mol. The lowest BCUT2D eigenvalue weighted by Gasteiger charge is -2.09. The van der Waals surface area contributed by atoms with Gasteiger partial charge in [0.15, 0.2) is 0 Å². The van der Waals surface area contributed by atoms with Gasteiger partial charge in [0, 0.05) is 16.1 Å². The van der Waals surface area contributed by atoms with Gasteiger partial charge in [0.1, 0.15) is 5.75 Å². The molecule has 0 aliphatic carbocycles. The van der Waals surface area contributed by atoms with Gasteiger partial charge in [0.25, 0.3) is 5.91 Å². The first-order valence-electron chi connectivity index (χ1n) is 5.40. The second kappa shape index (κ2) is 6.45. The van der Waals surface area contributed by atoms with Gasteiger partial charge in [-0.2, -0.15) is 0 Å². The molecule has 1 aromatic carbocycles. The summed E-state index contributed by atoms with van der Waals surface area (Å²) in [6, 6.07) is 5.45. The molecule has 0 fully saturated rings. The van der Waals surface area contributed by atoms with E-state index in [1.165, 1.54) is 0 Å². The molecule has 4 heteroatoms. The van der Waals surface area contributed by atoms with E-state index < -0.39 is 0 Å². The molecule has 0 saturated heterocycles. The molecular formula is C13H16BrNO2. The van der Waals surface area contributed by atoms with Crippen LogP contribution in [0.4, 0.5) is 5.69 Å². The number of nitrogens with one attached hydrogen (secondary N) is 1. The maximum absolute atomic E-state index is 11.8. The van der Waals surface area contributed by atoms with Crippen molar-refractivity contribution in [2.45, 2.75) is 20.3 Å². The molecule has 92 valence electrons. The minimum atomic E-state index is -0.0965. The number of carbonyl (C=O) groups excluding carboxylic acids is 1. The summed E-state index contributed by atoms with van der Waals surface area (Å²) >= 11 is 3.39. The van der Waals surface area contributed by atoms with Crippen LogP contribution in [0.2, 0.25) is 0 Å². The summed E-state index contributed by atoms with van der Waals surface area (Å²) in [5.74, 6) is 0.612. The zero-order chi connectivity index (χ0) is 12.8. The first kappa shape index (κ1) is 13.8. The monoisotopic (exact) mass is 297 g/mol. The fourth-order valence-corrected chi connectivity index (χ4v) is 1.69. The molecule has 1 amide bonds. The Labute approximate surface area is 110 Å². The SMILES string of the molecule is CCC=C(C)C(=O)Nc1cc(OC)ccc1Br. The van der Waals surface area contributed by atoms with Gasteiger partial charge in [-0.1, -0.05) is 13.0 Å². The third-order valence-corrected chi connectivity index (χ3v) is 2.98. The fraction of sp³-hybridized carbons (Fsp3) is 0.308. The molecular weight excluding hydrogens is 282 g/mol. The van der Waals surface area contributed by atoms with E-state index in [2.05, 4.69) is 21.2 Å². The Morgan fingerprint density at radius 1 is 1.53 bits per heavy atom. The largest absolute Gasteiger partial charge is 0.497 e. The number of allylic oxidation sites excluding steroid dienone is 1. The van der Waals surface area contributed by atoms with Gasteiger partial charge in [-0.05, 0) is 41.4 Å². The van der Waals surface area contributed by atoms with Crippen LogP contribution in [0.25, 0.3) is 0 Å². The standard InChI is InChI=1S/C13H16BrNO2/c1-4-5-9(2)13(16)15-12-8-10(17-3)6-7-11(12)14/h5-8H,4H2,1-3H3,(H,15,16). The van der Waals surface area contributed by atoms with Crippen LogP contribution in [0.1, 0.15) is 20.3 Å². The normalized spacial score (nSPS) is 11.2. The Morgan fingerprint density at radius 3 is 2.82 bits per heavy atom. The summed E-state index contributed by atoms with van der Waals surface area (Å²) in [6.45, 7) is 3.80. The number of anilines is 1. The van der Waals surface area contributed by atoms with E-state index in [0.29, 0.717) is 17.0 Å². The number of ether oxygens (including phenoxy) is 1. The fourth-order valence-electron chi connectivity index (χ4n) is 1.35. The minimum absolute atomic E-state index is 0.0965. The van der Waals surface area contributed by atoms with Crippen molar-refractivity contribution in [3.8, 4) is 5.75 Å². The number of carbonyl (C=O) groups is 1. The summed E-state index contributed by atoms with van der Waals surface area (Å²) < 4.78 is 5.94. The molecule has 0 bridgehead atoms. The maximum atomic E-state index is 11.8. The van der Waals surface area contributed by atoms with Gasteiger partial charge in [0.05, 0.1) is 12.8 Å². The Kier molecular flexibility index (Phi) is 5.22. The van der Waals surface area contributed by atoms with Crippen LogP contribution in [0.5, 0.6) is 5.75 Å². The number of rotatable bonds is 4. The molecule has 0 unspecified atom stereocenters. The number of amides is 1. The predicted octanol–water partition coefficient (Wildman–Crippen LogP) is 3.75. The van der Waals surface area contributed by atoms with E-state index >= 15 is 0 Å². The van der Waals surface area contributed by atoms with E-state index in [1.807, 2.05) is 25.1 Å². The lowest BCUT2D eigenvalue weighted by atomic mass is 10.2. The molecule has 0 spiro atoms. The molecule has 1 N–H and O–H groups in total. The number of hydrogen-bond donors (Lipinski definition) is 1. The first-order chi connectivity index (χ1) is 8.08. The topological polar surface area (TPSA) is 38.3 Å². The van der Waals surface area contributed by atoms with Gasteiger partial charge in [-0.25, -0.2) is 0 Å². The molecule has 0 saturated carbocycles. The van der Waals surface area contributed by atoms with E-state index in [1.54, 1.807) is 20.1 Å². The van der Waals surface area contributed by atoms with Crippen molar-refractivity contribution in [3.05, 3.63) is 34.3 Å². The first-order valence-corrected chi connectivity index (χ1v) is 6.19. The van der Waals surface area contributed by atoms with Crippen LogP contribution in [-0.2, 0) is 4.79 Å². The second-order valence-corrected chi connectivity index (χ2v) is 4.45. The number of methoxy groups -OCH3 is 1. The van der Waals surface area contributed by atoms with E-state index in [9.17, 15) is 4.79 Å². The Balaban J connectivity index is 2.87. The molecule has 0 aliphatic heterocycles. The van der Waals surface area contributed by atoms with Crippen LogP contribution >= 0.6 is 15.9 Å².